The van der Waals surface area contributed by atoms with Crippen LogP contribution in [0.4, 0.5) is 0 Å². The van der Waals surface area contributed by atoms with E-state index in [1.54, 1.807) is 12.4 Å². The summed E-state index contributed by atoms with van der Waals surface area (Å²) in [7, 11) is 0. The monoisotopic (exact) mass is 219 g/mol. The van der Waals surface area contributed by atoms with Crippen LogP contribution in [0.3, 0.4) is 0 Å². The van der Waals surface area contributed by atoms with Crippen molar-refractivity contribution in [2.75, 3.05) is 13.1 Å². The highest BCUT2D eigenvalue weighted by Gasteiger charge is 2.23. The van der Waals surface area contributed by atoms with E-state index in [-0.39, 0.29) is 5.91 Å². The van der Waals surface area contributed by atoms with E-state index in [2.05, 4.69) is 4.98 Å². The molecule has 16 heavy (non-hydrogen) atoms. The molecule has 0 radical (unpaired) electrons. The smallest absolute Gasteiger partial charge is 0.239 e. The third kappa shape index (κ3) is 2.58. The van der Waals surface area contributed by atoms with Gasteiger partial charge in [-0.25, -0.2) is 0 Å². The average Bonchev–Trinajstić information content (AvgIpc) is 2.83. The molecule has 0 aromatic carbocycles. The topological polar surface area (TPSA) is 59.2 Å². The molecule has 2 heterocycles. The van der Waals surface area contributed by atoms with Gasteiger partial charge in [-0.3, -0.25) is 9.78 Å². The molecule has 1 aliphatic rings. The molecule has 2 rings (SSSR count). The second-order valence-electron chi connectivity index (χ2n) is 4.20. The van der Waals surface area contributed by atoms with Crippen LogP contribution >= 0.6 is 0 Å². The Labute approximate surface area is 95.5 Å². The molecule has 1 aliphatic heterocycles. The normalized spacial score (nSPS) is 17.4. The van der Waals surface area contributed by atoms with Crippen molar-refractivity contribution < 1.29 is 4.79 Å². The van der Waals surface area contributed by atoms with Crippen LogP contribution in [-0.4, -0.2) is 34.9 Å². The number of amides is 1. The second-order valence-corrected chi connectivity index (χ2v) is 4.20. The summed E-state index contributed by atoms with van der Waals surface area (Å²) in [5, 5.41) is 0. The minimum atomic E-state index is -0.416. The van der Waals surface area contributed by atoms with Crippen LogP contribution in [0.5, 0.6) is 0 Å². The van der Waals surface area contributed by atoms with Gasteiger partial charge in [0.05, 0.1) is 6.04 Å². The molecule has 0 spiro atoms. The quantitative estimate of drug-likeness (QED) is 0.808. The molecule has 1 fully saturated rings. The van der Waals surface area contributed by atoms with Gasteiger partial charge in [0, 0.05) is 25.5 Å². The molecular formula is C12H17N3O. The molecule has 1 aromatic rings. The SMILES string of the molecule is NC(Cc1ccncc1)C(=O)N1CCCC1. The number of carbonyl (C=O) groups is 1. The zero-order valence-electron chi connectivity index (χ0n) is 9.30. The molecular weight excluding hydrogens is 202 g/mol. The summed E-state index contributed by atoms with van der Waals surface area (Å²) in [4.78, 5) is 17.7. The number of nitrogens with zero attached hydrogens (tertiary/aromatic N) is 2. The van der Waals surface area contributed by atoms with Crippen LogP contribution in [-0.2, 0) is 11.2 Å². The summed E-state index contributed by atoms with van der Waals surface area (Å²) in [5.74, 6) is 0.0781. The van der Waals surface area contributed by atoms with Crippen molar-refractivity contribution in [1.29, 1.82) is 0 Å². The van der Waals surface area contributed by atoms with Crippen LogP contribution in [0.15, 0.2) is 24.5 Å². The zero-order valence-corrected chi connectivity index (χ0v) is 9.30. The number of nitrogens with two attached hydrogens (primary N) is 1. The average molecular weight is 219 g/mol. The highest BCUT2D eigenvalue weighted by Crippen LogP contribution is 2.10. The molecule has 0 saturated carbocycles. The van der Waals surface area contributed by atoms with E-state index in [0.717, 1.165) is 31.5 Å². The lowest BCUT2D eigenvalue weighted by atomic mass is 10.1. The Morgan fingerprint density at radius 2 is 2.00 bits per heavy atom. The number of hydrogen-bond donors (Lipinski definition) is 1. The highest BCUT2D eigenvalue weighted by molar-refractivity contribution is 5.82. The van der Waals surface area contributed by atoms with Gasteiger partial charge in [0.2, 0.25) is 5.91 Å². The summed E-state index contributed by atoms with van der Waals surface area (Å²) in [6.45, 7) is 1.73. The molecule has 0 bridgehead atoms. The number of likely N-dealkylation sites (tertiary alicyclic amines) is 1. The summed E-state index contributed by atoms with van der Waals surface area (Å²) in [6.07, 6.45) is 6.25. The molecule has 4 heteroatoms. The molecule has 1 atom stereocenters. The first kappa shape index (κ1) is 11.1. The molecule has 86 valence electrons. The van der Waals surface area contributed by atoms with Gasteiger partial charge in [-0.2, -0.15) is 0 Å². The van der Waals surface area contributed by atoms with Crippen LogP contribution in [0, 0.1) is 0 Å². The molecule has 0 aliphatic carbocycles. The van der Waals surface area contributed by atoms with Gasteiger partial charge in [-0.1, -0.05) is 0 Å². The fourth-order valence-corrected chi connectivity index (χ4v) is 2.03. The van der Waals surface area contributed by atoms with Crippen LogP contribution in [0.25, 0.3) is 0 Å². The number of carbonyl (C=O) groups excluding carboxylic acids is 1. The number of aromatic nitrogens is 1. The van der Waals surface area contributed by atoms with Gasteiger partial charge < -0.3 is 10.6 Å². The van der Waals surface area contributed by atoms with E-state index in [1.165, 1.54) is 0 Å². The maximum atomic E-state index is 11.9. The maximum absolute atomic E-state index is 11.9. The van der Waals surface area contributed by atoms with E-state index in [0.29, 0.717) is 6.42 Å². The Bertz CT molecular complexity index is 347. The predicted molar refractivity (Wildman–Crippen MR) is 61.7 cm³/mol. The fourth-order valence-electron chi connectivity index (χ4n) is 2.03. The van der Waals surface area contributed by atoms with E-state index < -0.39 is 6.04 Å². The first-order valence-electron chi connectivity index (χ1n) is 5.70. The largest absolute Gasteiger partial charge is 0.341 e. The number of pyridine rings is 1. The van der Waals surface area contributed by atoms with Crippen LogP contribution in [0.1, 0.15) is 18.4 Å². The molecule has 1 aromatic heterocycles. The Morgan fingerprint density at radius 3 is 2.62 bits per heavy atom. The van der Waals surface area contributed by atoms with Crippen molar-refractivity contribution in [2.24, 2.45) is 5.73 Å². The minimum Gasteiger partial charge on any atom is -0.341 e. The Hall–Kier alpha value is -1.42. The summed E-state index contributed by atoms with van der Waals surface area (Å²) in [5.41, 5.74) is 6.98. The van der Waals surface area contributed by atoms with Crippen molar-refractivity contribution in [1.82, 2.24) is 9.88 Å². The van der Waals surface area contributed by atoms with E-state index in [9.17, 15) is 4.79 Å². The van der Waals surface area contributed by atoms with Crippen LogP contribution < -0.4 is 5.73 Å². The molecule has 1 amide bonds. The summed E-state index contributed by atoms with van der Waals surface area (Å²) in [6, 6.07) is 3.38. The molecule has 2 N–H and O–H groups in total. The molecule has 1 saturated heterocycles. The zero-order chi connectivity index (χ0) is 11.4. The van der Waals surface area contributed by atoms with Gasteiger partial charge >= 0.3 is 0 Å². The molecule has 4 nitrogen and oxygen atoms in total. The fraction of sp³-hybridized carbons (Fsp3) is 0.500. The number of hydrogen-bond acceptors (Lipinski definition) is 3. The van der Waals surface area contributed by atoms with Gasteiger partial charge in [0.25, 0.3) is 0 Å². The Morgan fingerprint density at radius 1 is 1.38 bits per heavy atom. The lowest BCUT2D eigenvalue weighted by molar-refractivity contribution is -0.131. The van der Waals surface area contributed by atoms with Crippen molar-refractivity contribution in [3.63, 3.8) is 0 Å². The van der Waals surface area contributed by atoms with Crippen LogP contribution in [0.2, 0.25) is 0 Å². The van der Waals surface area contributed by atoms with Crippen molar-refractivity contribution in [3.05, 3.63) is 30.1 Å². The highest BCUT2D eigenvalue weighted by atomic mass is 16.2. The maximum Gasteiger partial charge on any atom is 0.239 e. The van der Waals surface area contributed by atoms with Gasteiger partial charge in [0.1, 0.15) is 0 Å². The van der Waals surface area contributed by atoms with E-state index >= 15 is 0 Å². The van der Waals surface area contributed by atoms with E-state index in [4.69, 9.17) is 5.73 Å². The summed E-state index contributed by atoms with van der Waals surface area (Å²) >= 11 is 0. The standard InChI is InChI=1S/C12H17N3O/c13-11(9-10-3-5-14-6-4-10)12(16)15-7-1-2-8-15/h3-6,11H,1-2,7-9,13H2. The Balaban J connectivity index is 1.92. The lowest BCUT2D eigenvalue weighted by Crippen LogP contribution is -2.43. The Kier molecular flexibility index (Phi) is 3.51. The van der Waals surface area contributed by atoms with Crippen molar-refractivity contribution >= 4 is 5.91 Å². The van der Waals surface area contributed by atoms with Gasteiger partial charge in [-0.15, -0.1) is 0 Å². The first-order valence-corrected chi connectivity index (χ1v) is 5.70. The number of rotatable bonds is 3. The van der Waals surface area contributed by atoms with Crippen molar-refractivity contribution in [3.8, 4) is 0 Å². The third-order valence-electron chi connectivity index (χ3n) is 2.94. The minimum absolute atomic E-state index is 0.0781. The summed E-state index contributed by atoms with van der Waals surface area (Å²) < 4.78 is 0. The lowest BCUT2D eigenvalue weighted by Gasteiger charge is -2.20. The van der Waals surface area contributed by atoms with E-state index in [1.807, 2.05) is 17.0 Å². The van der Waals surface area contributed by atoms with Gasteiger partial charge in [-0.05, 0) is 37.0 Å². The predicted octanol–water partition coefficient (Wildman–Crippen LogP) is 0.574. The molecule has 1 unspecified atom stereocenters. The van der Waals surface area contributed by atoms with Gasteiger partial charge in [0.15, 0.2) is 0 Å². The van der Waals surface area contributed by atoms with Crippen molar-refractivity contribution in [2.45, 2.75) is 25.3 Å². The second kappa shape index (κ2) is 5.07. The first-order chi connectivity index (χ1) is 7.77. The third-order valence-corrected chi connectivity index (χ3v) is 2.94.